The summed E-state index contributed by atoms with van der Waals surface area (Å²) >= 11 is 0. The molecule has 15 heavy (non-hydrogen) atoms. The summed E-state index contributed by atoms with van der Waals surface area (Å²) in [6, 6.07) is 9.97. The Bertz CT molecular complexity index is 357. The van der Waals surface area contributed by atoms with Gasteiger partial charge in [-0.05, 0) is 12.5 Å². The molecule has 2 N–H and O–H groups in total. The second-order valence-corrected chi connectivity index (χ2v) is 4.09. The highest BCUT2D eigenvalue weighted by Crippen LogP contribution is 2.15. The molecule has 0 saturated carbocycles. The van der Waals surface area contributed by atoms with Crippen LogP contribution in [0.1, 0.15) is 12.5 Å². The molecular weight excluding hydrogens is 188 g/mol. The van der Waals surface area contributed by atoms with Crippen molar-refractivity contribution in [3.05, 3.63) is 35.9 Å². The summed E-state index contributed by atoms with van der Waals surface area (Å²) in [6.45, 7) is 3.40. The van der Waals surface area contributed by atoms with Gasteiger partial charge in [0.1, 0.15) is 11.4 Å². The Labute approximate surface area is 89.9 Å². The second kappa shape index (κ2) is 4.03. The van der Waals surface area contributed by atoms with Crippen LogP contribution in [0.3, 0.4) is 0 Å². The minimum atomic E-state index is -0.877. The molecule has 1 aliphatic heterocycles. The van der Waals surface area contributed by atoms with E-state index in [4.69, 9.17) is 0 Å². The van der Waals surface area contributed by atoms with Crippen molar-refractivity contribution in [2.24, 2.45) is 4.99 Å². The number of hydrogen-bond donors (Lipinski definition) is 2. The largest absolute Gasteiger partial charge is 0.382 e. The Morgan fingerprint density at radius 2 is 2.13 bits per heavy atom. The lowest BCUT2D eigenvalue weighted by atomic mass is 9.95. The van der Waals surface area contributed by atoms with Gasteiger partial charge in [-0.25, -0.2) is 0 Å². The van der Waals surface area contributed by atoms with Crippen molar-refractivity contribution in [2.45, 2.75) is 18.9 Å². The Balaban J connectivity index is 2.10. The summed E-state index contributed by atoms with van der Waals surface area (Å²) in [6.07, 6.45) is 0.597. The van der Waals surface area contributed by atoms with E-state index in [0.717, 1.165) is 18.7 Å². The molecule has 1 atom stereocenters. The summed E-state index contributed by atoms with van der Waals surface area (Å²) in [5, 5.41) is 13.4. The van der Waals surface area contributed by atoms with Crippen molar-refractivity contribution in [3.8, 4) is 0 Å². The van der Waals surface area contributed by atoms with Crippen LogP contribution in [0.4, 0.5) is 0 Å². The maximum Gasteiger partial charge on any atom is 0.129 e. The number of aliphatic hydroxyl groups is 1. The van der Waals surface area contributed by atoms with Crippen LogP contribution in [0.5, 0.6) is 0 Å². The second-order valence-electron chi connectivity index (χ2n) is 4.09. The lowest BCUT2D eigenvalue weighted by Crippen LogP contribution is -2.44. The molecule has 0 fully saturated rings. The van der Waals surface area contributed by atoms with Gasteiger partial charge in [-0.1, -0.05) is 30.3 Å². The van der Waals surface area contributed by atoms with E-state index in [1.807, 2.05) is 30.3 Å². The van der Waals surface area contributed by atoms with Gasteiger partial charge in [-0.3, -0.25) is 4.99 Å². The first kappa shape index (κ1) is 10.2. The van der Waals surface area contributed by atoms with Crippen LogP contribution in [-0.2, 0) is 6.42 Å². The first-order valence-electron chi connectivity index (χ1n) is 5.23. The van der Waals surface area contributed by atoms with Gasteiger partial charge in [0.25, 0.3) is 0 Å². The van der Waals surface area contributed by atoms with Gasteiger partial charge in [0.15, 0.2) is 0 Å². The third kappa shape index (κ3) is 2.36. The fraction of sp³-hybridized carbons (Fsp3) is 0.417. The fourth-order valence-electron chi connectivity index (χ4n) is 1.84. The van der Waals surface area contributed by atoms with Gasteiger partial charge >= 0.3 is 0 Å². The predicted octanol–water partition coefficient (Wildman–Crippen LogP) is 0.982. The van der Waals surface area contributed by atoms with Crippen molar-refractivity contribution in [1.82, 2.24) is 5.32 Å². The average molecular weight is 204 g/mol. The highest BCUT2D eigenvalue weighted by atomic mass is 16.3. The third-order valence-corrected chi connectivity index (χ3v) is 2.58. The predicted molar refractivity (Wildman–Crippen MR) is 61.1 cm³/mol. The van der Waals surface area contributed by atoms with E-state index in [1.165, 1.54) is 0 Å². The van der Waals surface area contributed by atoms with Gasteiger partial charge in [0.2, 0.25) is 0 Å². The SMILES string of the molecule is C[C@@](O)(Cc1ccccc1)C1=NCCN1. The first-order chi connectivity index (χ1) is 7.18. The minimum Gasteiger partial charge on any atom is -0.382 e. The van der Waals surface area contributed by atoms with Gasteiger partial charge in [-0.15, -0.1) is 0 Å². The molecule has 1 aromatic rings. The van der Waals surface area contributed by atoms with Crippen LogP contribution >= 0.6 is 0 Å². The molecule has 80 valence electrons. The Kier molecular flexibility index (Phi) is 2.73. The Morgan fingerprint density at radius 1 is 1.40 bits per heavy atom. The molecule has 0 saturated heterocycles. The van der Waals surface area contributed by atoms with Crippen LogP contribution in [0.15, 0.2) is 35.3 Å². The van der Waals surface area contributed by atoms with E-state index in [9.17, 15) is 5.11 Å². The monoisotopic (exact) mass is 204 g/mol. The van der Waals surface area contributed by atoms with Gasteiger partial charge in [0.05, 0.1) is 6.54 Å². The number of nitrogens with one attached hydrogen (secondary N) is 1. The number of rotatable bonds is 3. The quantitative estimate of drug-likeness (QED) is 0.771. The molecule has 0 amide bonds. The molecule has 2 rings (SSSR count). The van der Waals surface area contributed by atoms with Crippen LogP contribution in [-0.4, -0.2) is 29.6 Å². The smallest absolute Gasteiger partial charge is 0.129 e. The molecule has 1 aromatic carbocycles. The van der Waals surface area contributed by atoms with Crippen LogP contribution in [0, 0.1) is 0 Å². The van der Waals surface area contributed by atoms with Gasteiger partial charge in [0, 0.05) is 13.0 Å². The molecular formula is C12H16N2O. The standard InChI is InChI=1S/C12H16N2O/c1-12(15,11-13-7-8-14-11)9-10-5-3-2-4-6-10/h2-6,15H,7-9H2,1H3,(H,13,14)/t12-/m1/s1. The molecule has 3 heteroatoms. The van der Waals surface area contributed by atoms with Crippen molar-refractivity contribution < 1.29 is 5.11 Å². The molecule has 0 aliphatic carbocycles. The third-order valence-electron chi connectivity index (χ3n) is 2.58. The molecule has 0 unspecified atom stereocenters. The number of amidine groups is 1. The highest BCUT2D eigenvalue weighted by molar-refractivity contribution is 5.91. The van der Waals surface area contributed by atoms with E-state index in [1.54, 1.807) is 6.92 Å². The molecule has 0 spiro atoms. The molecule has 1 aliphatic rings. The van der Waals surface area contributed by atoms with Crippen molar-refractivity contribution in [2.75, 3.05) is 13.1 Å². The number of aliphatic imine (C=N–C) groups is 1. The number of nitrogens with zero attached hydrogens (tertiary/aromatic N) is 1. The van der Waals surface area contributed by atoms with Crippen LogP contribution in [0.25, 0.3) is 0 Å². The Hall–Kier alpha value is -1.35. The highest BCUT2D eigenvalue weighted by Gasteiger charge is 2.29. The molecule has 0 bridgehead atoms. The normalized spacial score (nSPS) is 19.2. The van der Waals surface area contributed by atoms with E-state index in [-0.39, 0.29) is 0 Å². The van der Waals surface area contributed by atoms with E-state index < -0.39 is 5.60 Å². The lowest BCUT2D eigenvalue weighted by Gasteiger charge is -2.23. The summed E-state index contributed by atoms with van der Waals surface area (Å²) in [7, 11) is 0. The molecule has 0 radical (unpaired) electrons. The Morgan fingerprint density at radius 3 is 2.73 bits per heavy atom. The summed E-state index contributed by atoms with van der Waals surface area (Å²) in [4.78, 5) is 4.26. The molecule has 1 heterocycles. The van der Waals surface area contributed by atoms with Crippen molar-refractivity contribution in [3.63, 3.8) is 0 Å². The lowest BCUT2D eigenvalue weighted by molar-refractivity contribution is 0.130. The zero-order chi connectivity index (χ0) is 10.7. The van der Waals surface area contributed by atoms with Gasteiger partial charge < -0.3 is 10.4 Å². The zero-order valence-corrected chi connectivity index (χ0v) is 8.90. The first-order valence-corrected chi connectivity index (χ1v) is 5.23. The summed E-state index contributed by atoms with van der Waals surface area (Å²) in [5.41, 5.74) is 0.247. The van der Waals surface area contributed by atoms with Crippen LogP contribution in [0.2, 0.25) is 0 Å². The minimum absolute atomic E-state index is 0.597. The van der Waals surface area contributed by atoms with Crippen molar-refractivity contribution in [1.29, 1.82) is 0 Å². The van der Waals surface area contributed by atoms with E-state index in [0.29, 0.717) is 12.3 Å². The molecule has 3 nitrogen and oxygen atoms in total. The fourth-order valence-corrected chi connectivity index (χ4v) is 1.84. The topological polar surface area (TPSA) is 44.6 Å². The summed E-state index contributed by atoms with van der Waals surface area (Å²) in [5.74, 6) is 0.714. The van der Waals surface area contributed by atoms with Crippen LogP contribution < -0.4 is 5.32 Å². The van der Waals surface area contributed by atoms with E-state index in [2.05, 4.69) is 10.3 Å². The number of hydrogen-bond acceptors (Lipinski definition) is 3. The molecule has 0 aromatic heterocycles. The average Bonchev–Trinajstić information content (AvgIpc) is 2.71. The van der Waals surface area contributed by atoms with Gasteiger partial charge in [-0.2, -0.15) is 0 Å². The number of benzene rings is 1. The van der Waals surface area contributed by atoms with E-state index >= 15 is 0 Å². The van der Waals surface area contributed by atoms with Crippen molar-refractivity contribution >= 4 is 5.84 Å². The zero-order valence-electron chi connectivity index (χ0n) is 8.90. The maximum absolute atomic E-state index is 10.3. The maximum atomic E-state index is 10.3. The summed E-state index contributed by atoms with van der Waals surface area (Å²) < 4.78 is 0.